The number of amides is 2. The van der Waals surface area contributed by atoms with Crippen molar-refractivity contribution in [2.75, 3.05) is 6.54 Å². The van der Waals surface area contributed by atoms with E-state index in [2.05, 4.69) is 0 Å². The second kappa shape index (κ2) is 4.94. The van der Waals surface area contributed by atoms with Gasteiger partial charge in [-0.3, -0.25) is 19.3 Å². The van der Waals surface area contributed by atoms with Crippen molar-refractivity contribution in [2.45, 2.75) is 0 Å². The van der Waals surface area contributed by atoms with E-state index in [1.807, 2.05) is 0 Å². The van der Waals surface area contributed by atoms with Gasteiger partial charge in [0.1, 0.15) is 5.82 Å². The van der Waals surface area contributed by atoms with E-state index in [0.29, 0.717) is 0 Å². The number of benzene rings is 2. The van der Waals surface area contributed by atoms with E-state index in [1.165, 1.54) is 18.2 Å². The summed E-state index contributed by atoms with van der Waals surface area (Å²) >= 11 is 0. The lowest BCUT2D eigenvalue weighted by molar-refractivity contribution is 0.0624. The van der Waals surface area contributed by atoms with Gasteiger partial charge in [0.2, 0.25) is 0 Å². The van der Waals surface area contributed by atoms with E-state index < -0.39 is 30.0 Å². The second-order valence-electron chi connectivity index (χ2n) is 4.68. The molecule has 2 aromatic carbocycles. The molecule has 0 aliphatic carbocycles. The average Bonchev–Trinajstić information content (AvgIpc) is 2.73. The molecular formula is C16H10FNO3. The summed E-state index contributed by atoms with van der Waals surface area (Å²) in [7, 11) is 0. The molecule has 1 heterocycles. The van der Waals surface area contributed by atoms with Crippen LogP contribution in [0.4, 0.5) is 4.39 Å². The quantitative estimate of drug-likeness (QED) is 0.641. The third-order valence-corrected chi connectivity index (χ3v) is 3.33. The van der Waals surface area contributed by atoms with E-state index in [1.54, 1.807) is 24.3 Å². The molecule has 3 rings (SSSR count). The van der Waals surface area contributed by atoms with Gasteiger partial charge in [-0.05, 0) is 24.3 Å². The van der Waals surface area contributed by atoms with Crippen LogP contribution in [0.1, 0.15) is 31.1 Å². The molecule has 0 radical (unpaired) electrons. The van der Waals surface area contributed by atoms with Crippen molar-refractivity contribution in [3.8, 4) is 0 Å². The molecule has 0 atom stereocenters. The molecule has 0 saturated heterocycles. The monoisotopic (exact) mass is 283 g/mol. The van der Waals surface area contributed by atoms with Gasteiger partial charge >= 0.3 is 0 Å². The van der Waals surface area contributed by atoms with Crippen molar-refractivity contribution in [1.82, 2.24) is 4.90 Å². The maximum atomic E-state index is 13.1. The smallest absolute Gasteiger partial charge is 0.261 e. The molecule has 1 aliphatic heterocycles. The van der Waals surface area contributed by atoms with Gasteiger partial charge in [-0.15, -0.1) is 0 Å². The number of nitrogens with zero attached hydrogens (tertiary/aromatic N) is 1. The van der Waals surface area contributed by atoms with Crippen molar-refractivity contribution < 1.29 is 18.8 Å². The number of carbonyl (C=O) groups excluding carboxylic acids is 3. The number of ketones is 1. The number of fused-ring (bicyclic) bond motifs is 1. The lowest BCUT2D eigenvalue weighted by atomic mass is 10.1. The molecular weight excluding hydrogens is 273 g/mol. The number of hydrogen-bond acceptors (Lipinski definition) is 3. The zero-order valence-electron chi connectivity index (χ0n) is 10.9. The largest absolute Gasteiger partial charge is 0.292 e. The molecule has 5 heteroatoms. The maximum absolute atomic E-state index is 13.1. The molecule has 0 spiro atoms. The summed E-state index contributed by atoms with van der Waals surface area (Å²) in [4.78, 5) is 37.2. The minimum Gasteiger partial charge on any atom is -0.292 e. The highest BCUT2D eigenvalue weighted by Crippen LogP contribution is 2.22. The SMILES string of the molecule is O=C(CN1C(=O)c2ccccc2C1=O)c1cccc(F)c1. The summed E-state index contributed by atoms with van der Waals surface area (Å²) in [5.74, 6) is -2.02. The Hall–Kier alpha value is -2.82. The van der Waals surface area contributed by atoms with Crippen LogP contribution in [-0.4, -0.2) is 29.0 Å². The van der Waals surface area contributed by atoms with Gasteiger partial charge in [0.15, 0.2) is 5.78 Å². The molecule has 0 saturated carbocycles. The lowest BCUT2D eigenvalue weighted by Gasteiger charge is -2.12. The van der Waals surface area contributed by atoms with Crippen LogP contribution in [0.3, 0.4) is 0 Å². The predicted octanol–water partition coefficient (Wildman–Crippen LogP) is 2.30. The zero-order chi connectivity index (χ0) is 15.0. The van der Waals surface area contributed by atoms with Gasteiger partial charge in [-0.2, -0.15) is 0 Å². The molecule has 0 unspecified atom stereocenters. The molecule has 0 aromatic heterocycles. The van der Waals surface area contributed by atoms with E-state index in [-0.39, 0.29) is 16.7 Å². The van der Waals surface area contributed by atoms with Crippen molar-refractivity contribution in [2.24, 2.45) is 0 Å². The molecule has 0 N–H and O–H groups in total. The first-order chi connectivity index (χ1) is 10.1. The molecule has 104 valence electrons. The summed E-state index contributed by atoms with van der Waals surface area (Å²) in [5.41, 5.74) is 0.704. The number of rotatable bonds is 3. The highest BCUT2D eigenvalue weighted by molar-refractivity contribution is 6.23. The summed E-state index contributed by atoms with van der Waals surface area (Å²) in [5, 5.41) is 0. The number of hydrogen-bond donors (Lipinski definition) is 0. The first-order valence-electron chi connectivity index (χ1n) is 6.32. The van der Waals surface area contributed by atoms with Crippen molar-refractivity contribution in [1.29, 1.82) is 0 Å². The molecule has 2 aromatic rings. The van der Waals surface area contributed by atoms with Crippen LogP contribution in [0.2, 0.25) is 0 Å². The fourth-order valence-corrected chi connectivity index (χ4v) is 2.28. The standard InChI is InChI=1S/C16H10FNO3/c17-11-5-3-4-10(8-11)14(19)9-18-15(20)12-6-1-2-7-13(12)16(18)21/h1-8H,9H2. The van der Waals surface area contributed by atoms with Gasteiger partial charge in [-0.25, -0.2) is 4.39 Å². The Balaban J connectivity index is 1.85. The van der Waals surface area contributed by atoms with Crippen LogP contribution in [0.25, 0.3) is 0 Å². The van der Waals surface area contributed by atoms with Gasteiger partial charge in [-0.1, -0.05) is 24.3 Å². The molecule has 2 amide bonds. The van der Waals surface area contributed by atoms with E-state index in [9.17, 15) is 18.8 Å². The van der Waals surface area contributed by atoms with Crippen LogP contribution in [-0.2, 0) is 0 Å². The van der Waals surface area contributed by atoms with Crippen LogP contribution in [0.15, 0.2) is 48.5 Å². The molecule has 4 nitrogen and oxygen atoms in total. The number of Topliss-reactive ketones (excluding diaryl/α,β-unsaturated/α-hetero) is 1. The third kappa shape index (κ3) is 2.23. The Labute approximate surface area is 119 Å². The summed E-state index contributed by atoms with van der Waals surface area (Å²) in [6, 6.07) is 11.6. The Kier molecular flexibility index (Phi) is 3.10. The molecule has 21 heavy (non-hydrogen) atoms. The van der Waals surface area contributed by atoms with Gasteiger partial charge < -0.3 is 0 Å². The van der Waals surface area contributed by atoms with Gasteiger partial charge in [0.25, 0.3) is 11.8 Å². The first kappa shape index (κ1) is 13.2. The van der Waals surface area contributed by atoms with E-state index in [0.717, 1.165) is 11.0 Å². The number of imide groups is 1. The minimum absolute atomic E-state index is 0.131. The summed E-state index contributed by atoms with van der Waals surface area (Å²) in [6.07, 6.45) is 0. The highest BCUT2D eigenvalue weighted by Gasteiger charge is 2.36. The number of halogens is 1. The molecule has 1 aliphatic rings. The molecule has 0 fully saturated rings. The Bertz CT molecular complexity index is 735. The highest BCUT2D eigenvalue weighted by atomic mass is 19.1. The third-order valence-electron chi connectivity index (χ3n) is 3.33. The normalized spacial score (nSPS) is 13.5. The Morgan fingerprint density at radius 1 is 0.952 bits per heavy atom. The Morgan fingerprint density at radius 3 is 2.14 bits per heavy atom. The topological polar surface area (TPSA) is 54.5 Å². The maximum Gasteiger partial charge on any atom is 0.261 e. The van der Waals surface area contributed by atoms with E-state index >= 15 is 0 Å². The average molecular weight is 283 g/mol. The van der Waals surface area contributed by atoms with Crippen LogP contribution in [0.5, 0.6) is 0 Å². The van der Waals surface area contributed by atoms with Crippen LogP contribution < -0.4 is 0 Å². The number of carbonyl (C=O) groups is 3. The second-order valence-corrected chi connectivity index (χ2v) is 4.68. The van der Waals surface area contributed by atoms with Crippen molar-refractivity contribution >= 4 is 17.6 Å². The van der Waals surface area contributed by atoms with Crippen LogP contribution >= 0.6 is 0 Å². The Morgan fingerprint density at radius 2 is 1.57 bits per heavy atom. The minimum atomic E-state index is -0.539. The fraction of sp³-hybridized carbons (Fsp3) is 0.0625. The summed E-state index contributed by atoms with van der Waals surface area (Å²) in [6.45, 7) is -0.393. The zero-order valence-corrected chi connectivity index (χ0v) is 10.9. The first-order valence-corrected chi connectivity index (χ1v) is 6.32. The van der Waals surface area contributed by atoms with Crippen molar-refractivity contribution in [3.05, 3.63) is 71.0 Å². The van der Waals surface area contributed by atoms with Crippen LogP contribution in [0, 0.1) is 5.82 Å². The van der Waals surface area contributed by atoms with Gasteiger partial charge in [0, 0.05) is 5.56 Å². The summed E-state index contributed by atoms with van der Waals surface area (Å²) < 4.78 is 13.1. The van der Waals surface area contributed by atoms with E-state index in [4.69, 9.17) is 0 Å². The predicted molar refractivity (Wildman–Crippen MR) is 72.5 cm³/mol. The van der Waals surface area contributed by atoms with Gasteiger partial charge in [0.05, 0.1) is 17.7 Å². The lowest BCUT2D eigenvalue weighted by Crippen LogP contribution is -2.34. The van der Waals surface area contributed by atoms with Crippen molar-refractivity contribution in [3.63, 3.8) is 0 Å². The molecule has 0 bridgehead atoms. The fourth-order valence-electron chi connectivity index (χ4n) is 2.28.